The van der Waals surface area contributed by atoms with E-state index in [1.807, 2.05) is 0 Å². The molecule has 2 aliphatic heterocycles. The molecule has 0 amide bonds. The molecule has 71 heavy (non-hydrogen) atoms. The van der Waals surface area contributed by atoms with E-state index in [-0.39, 0.29) is 44.6 Å². The number of rotatable bonds is 3. The Bertz CT molecular complexity index is 3260. The van der Waals surface area contributed by atoms with Gasteiger partial charge in [0.25, 0.3) is 6.71 Å². The van der Waals surface area contributed by atoms with E-state index < -0.39 is 0 Å². The van der Waals surface area contributed by atoms with Gasteiger partial charge in [-0.25, -0.2) is 0 Å². The Morgan fingerprint density at radius 1 is 0.465 bits per heavy atom. The highest BCUT2D eigenvalue weighted by molar-refractivity contribution is 7.00. The molecule has 0 radical (unpaired) electrons. The van der Waals surface area contributed by atoms with Crippen LogP contribution in [-0.4, -0.2) is 6.71 Å². The normalized spacial score (nSPS) is 21.7. The predicted octanol–water partition coefficient (Wildman–Crippen LogP) is 16.8. The van der Waals surface area contributed by atoms with Crippen LogP contribution in [0, 0.1) is 26.2 Å². The maximum absolute atomic E-state index is 2.73. The Morgan fingerprint density at radius 3 is 1.52 bits per heavy atom. The first-order chi connectivity index (χ1) is 33.0. The fourth-order valence-corrected chi connectivity index (χ4v) is 14.6. The third-order valence-corrected chi connectivity index (χ3v) is 18.7. The zero-order valence-corrected chi connectivity index (χ0v) is 46.8. The quantitative estimate of drug-likeness (QED) is 0.163. The highest BCUT2D eigenvalue weighted by Gasteiger charge is 2.52. The van der Waals surface area contributed by atoms with Gasteiger partial charge in [0.15, 0.2) is 0 Å². The number of benzene rings is 6. The minimum atomic E-state index is 0.0362. The summed E-state index contributed by atoms with van der Waals surface area (Å²) in [6.45, 7) is 43.2. The molecule has 2 heterocycles. The van der Waals surface area contributed by atoms with Crippen LogP contribution in [-0.2, 0) is 32.5 Å². The van der Waals surface area contributed by atoms with Crippen LogP contribution in [0.3, 0.4) is 0 Å². The predicted molar refractivity (Wildman–Crippen MR) is 309 cm³/mol. The van der Waals surface area contributed by atoms with Crippen LogP contribution in [0.15, 0.2) is 103 Å². The van der Waals surface area contributed by atoms with Gasteiger partial charge in [-0.1, -0.05) is 183 Å². The molecule has 1 fully saturated rings. The monoisotopic (exact) mass is 937 g/mol. The van der Waals surface area contributed by atoms with Crippen molar-refractivity contribution < 1.29 is 0 Å². The van der Waals surface area contributed by atoms with Gasteiger partial charge < -0.3 is 9.80 Å². The van der Waals surface area contributed by atoms with Gasteiger partial charge in [0.2, 0.25) is 0 Å². The molecule has 1 saturated carbocycles. The SMILES string of the molecule is Cc1cc2c3c(c1)N(c1ccc(C(C)(C)C)cc1C)c1cc4c(cc1B3c1ccc(C3=CC5(C)CCCCC5(C)c5cc(C(C)(C)C)ccc53)cc1N2c1ccc(C(C)(C)C)cc1C)C(C)(C)CC4(C)C. The Hall–Kier alpha value is -5.28. The van der Waals surface area contributed by atoms with Gasteiger partial charge in [0.05, 0.1) is 0 Å². The number of allylic oxidation sites excluding steroid dienone is 1. The Morgan fingerprint density at radius 2 is 0.972 bits per heavy atom. The van der Waals surface area contributed by atoms with Crippen molar-refractivity contribution in [3.05, 3.63) is 164 Å². The number of anilines is 6. The minimum absolute atomic E-state index is 0.0362. The molecule has 3 heteroatoms. The van der Waals surface area contributed by atoms with Crippen molar-refractivity contribution in [3.8, 4) is 0 Å². The van der Waals surface area contributed by atoms with Crippen LogP contribution in [0.25, 0.3) is 5.57 Å². The molecule has 6 aromatic carbocycles. The zero-order chi connectivity index (χ0) is 50.9. The van der Waals surface area contributed by atoms with Crippen LogP contribution in [0.1, 0.15) is 197 Å². The van der Waals surface area contributed by atoms with Crippen LogP contribution < -0.4 is 26.2 Å². The third-order valence-electron chi connectivity index (χ3n) is 18.7. The Kier molecular flexibility index (Phi) is 10.4. The summed E-state index contributed by atoms with van der Waals surface area (Å²) in [4.78, 5) is 5.35. The summed E-state index contributed by atoms with van der Waals surface area (Å²) in [7, 11) is 0. The smallest absolute Gasteiger partial charge is 0.252 e. The van der Waals surface area contributed by atoms with Crippen molar-refractivity contribution in [1.82, 2.24) is 0 Å². The number of fused-ring (bicyclic) bond motifs is 8. The van der Waals surface area contributed by atoms with E-state index in [0.717, 1.165) is 6.42 Å². The van der Waals surface area contributed by atoms with Crippen LogP contribution >= 0.6 is 0 Å². The van der Waals surface area contributed by atoms with E-state index in [2.05, 4.69) is 238 Å². The summed E-state index contributed by atoms with van der Waals surface area (Å²) in [6, 6.07) is 40.1. The molecule has 0 spiro atoms. The topological polar surface area (TPSA) is 6.48 Å². The lowest BCUT2D eigenvalue weighted by Crippen LogP contribution is -2.61. The Balaban J connectivity index is 1.22. The van der Waals surface area contributed by atoms with Gasteiger partial charge in [0, 0.05) is 39.5 Å². The molecule has 11 rings (SSSR count). The highest BCUT2D eigenvalue weighted by atomic mass is 15.2. The van der Waals surface area contributed by atoms with Gasteiger partial charge in [-0.05, 0) is 192 Å². The lowest BCUT2D eigenvalue weighted by molar-refractivity contribution is 0.138. The second-order valence-corrected chi connectivity index (χ2v) is 28.0. The van der Waals surface area contributed by atoms with E-state index in [9.17, 15) is 0 Å². The second kappa shape index (κ2) is 15.4. The molecular formula is C68H81BN2. The van der Waals surface area contributed by atoms with Crippen LogP contribution in [0.2, 0.25) is 0 Å². The second-order valence-electron chi connectivity index (χ2n) is 28.0. The molecule has 0 saturated heterocycles. The minimum Gasteiger partial charge on any atom is -0.311 e. The maximum atomic E-state index is 2.73. The van der Waals surface area contributed by atoms with Crippen molar-refractivity contribution in [2.75, 3.05) is 9.80 Å². The van der Waals surface area contributed by atoms with E-state index in [1.54, 1.807) is 5.56 Å². The molecular weight excluding hydrogens is 856 g/mol. The van der Waals surface area contributed by atoms with Crippen molar-refractivity contribution in [2.45, 2.75) is 189 Å². The van der Waals surface area contributed by atoms with Gasteiger partial charge in [-0.3, -0.25) is 0 Å². The molecule has 3 aliphatic carbocycles. The van der Waals surface area contributed by atoms with E-state index in [4.69, 9.17) is 0 Å². The van der Waals surface area contributed by atoms with Gasteiger partial charge >= 0.3 is 0 Å². The van der Waals surface area contributed by atoms with Crippen LogP contribution in [0.4, 0.5) is 34.1 Å². The number of nitrogens with zero attached hydrogens (tertiary/aromatic N) is 2. The van der Waals surface area contributed by atoms with Crippen molar-refractivity contribution in [2.24, 2.45) is 5.41 Å². The number of hydrogen-bond acceptors (Lipinski definition) is 2. The van der Waals surface area contributed by atoms with E-state index in [0.29, 0.717) is 0 Å². The van der Waals surface area contributed by atoms with Crippen molar-refractivity contribution in [1.29, 1.82) is 0 Å². The summed E-state index contributed by atoms with van der Waals surface area (Å²) in [5.74, 6) is 0. The number of hydrogen-bond donors (Lipinski definition) is 0. The van der Waals surface area contributed by atoms with Gasteiger partial charge in [-0.15, -0.1) is 0 Å². The average molecular weight is 937 g/mol. The molecule has 0 aromatic heterocycles. The van der Waals surface area contributed by atoms with E-state index >= 15 is 0 Å². The molecule has 5 aliphatic rings. The standard InChI is InChI=1S/C68H81BN2/c1-41-31-59-61-60(32-41)71(56-28-24-46(34-43(56)3)63(7,8)9)58-38-52-51(65(13,14)40-66(52,15)16)37-54(58)69(61)53-26-21-44(35-57(53)70(59)55-27-23-45(33-42(55)2)62(4,5)6)49-39-67(17)29-19-20-30-68(67,18)50-36-47(64(10,11)12)22-25-48(49)50/h21-28,31-39H,19-20,29-30,40H2,1-18H3. The lowest BCUT2D eigenvalue weighted by atomic mass is 9.33. The van der Waals surface area contributed by atoms with Crippen LogP contribution in [0.5, 0.6) is 0 Å². The first kappa shape index (κ1) is 48.0. The summed E-state index contributed by atoms with van der Waals surface area (Å²) < 4.78 is 0. The van der Waals surface area contributed by atoms with Gasteiger partial charge in [-0.2, -0.15) is 0 Å². The molecule has 2 atom stereocenters. The van der Waals surface area contributed by atoms with E-state index in [1.165, 1.54) is 137 Å². The van der Waals surface area contributed by atoms with Gasteiger partial charge in [0.1, 0.15) is 0 Å². The first-order valence-corrected chi connectivity index (χ1v) is 27.2. The first-order valence-electron chi connectivity index (χ1n) is 27.2. The maximum Gasteiger partial charge on any atom is 0.252 e. The largest absolute Gasteiger partial charge is 0.311 e. The molecule has 6 aromatic rings. The summed E-state index contributed by atoms with van der Waals surface area (Å²) in [5.41, 5.74) is 29.0. The molecule has 0 bridgehead atoms. The molecule has 2 unspecified atom stereocenters. The fourth-order valence-electron chi connectivity index (χ4n) is 14.6. The molecule has 2 nitrogen and oxygen atoms in total. The third kappa shape index (κ3) is 7.23. The number of aryl methyl sites for hydroxylation is 3. The summed E-state index contributed by atoms with van der Waals surface area (Å²) in [6.07, 6.45) is 8.86. The average Bonchev–Trinajstić information content (AvgIpc) is 3.46. The zero-order valence-electron chi connectivity index (χ0n) is 46.8. The summed E-state index contributed by atoms with van der Waals surface area (Å²) in [5, 5.41) is 0. The molecule has 366 valence electrons. The highest BCUT2D eigenvalue weighted by Crippen LogP contribution is 2.60. The summed E-state index contributed by atoms with van der Waals surface area (Å²) >= 11 is 0. The Labute approximate surface area is 429 Å². The molecule has 0 N–H and O–H groups in total. The van der Waals surface area contributed by atoms with Crippen molar-refractivity contribution >= 4 is 62.8 Å². The fraction of sp³-hybridized carbons (Fsp3) is 0.441. The van der Waals surface area contributed by atoms with Crippen molar-refractivity contribution in [3.63, 3.8) is 0 Å². The lowest BCUT2D eigenvalue weighted by Gasteiger charge is -2.53.